The van der Waals surface area contributed by atoms with E-state index in [9.17, 15) is 0 Å². The van der Waals surface area contributed by atoms with Crippen LogP contribution >= 0.6 is 0 Å². The predicted octanol–water partition coefficient (Wildman–Crippen LogP) is 8.22. The van der Waals surface area contributed by atoms with Crippen molar-refractivity contribution in [3.05, 3.63) is 0 Å². The fraction of sp³-hybridized carbons (Fsp3) is 1.00. The average molecular weight is 765 g/mol. The van der Waals surface area contributed by atoms with Gasteiger partial charge >= 0.3 is 195 Å². The van der Waals surface area contributed by atoms with Crippen molar-refractivity contribution in [1.82, 2.24) is 0 Å². The van der Waals surface area contributed by atoms with Gasteiger partial charge in [0.15, 0.2) is 0 Å². The molecule has 0 aromatic rings. The van der Waals surface area contributed by atoms with E-state index in [2.05, 4.69) is 69.2 Å². The van der Waals surface area contributed by atoms with Crippen molar-refractivity contribution < 1.29 is 0 Å². The summed E-state index contributed by atoms with van der Waals surface area (Å²) in [5.41, 5.74) is 0. The Morgan fingerprint density at radius 1 is 0.375 bits per heavy atom. The molecule has 0 spiro atoms. The molecular formula is C20H50Sn4. The summed E-state index contributed by atoms with van der Waals surface area (Å²) in [6.07, 6.45) is 0. The topological polar surface area (TPSA) is 0 Å². The van der Waals surface area contributed by atoms with Gasteiger partial charge < -0.3 is 0 Å². The Morgan fingerprint density at radius 3 is 0.542 bits per heavy atom. The Balaban J connectivity index is -0.000000113. The molecule has 0 aliphatic carbocycles. The molecule has 0 nitrogen and oxygen atoms in total. The first-order valence-electron chi connectivity index (χ1n) is 10.6. The third kappa shape index (κ3) is 40.0. The molecule has 0 aliphatic rings. The normalized spacial score (nSPS) is 9.50. The van der Waals surface area contributed by atoms with Crippen LogP contribution in [0.25, 0.3) is 0 Å². The van der Waals surface area contributed by atoms with Crippen LogP contribution in [-0.4, -0.2) is 81.8 Å². The molecular weight excluding hydrogens is 715 g/mol. The third-order valence-corrected chi connectivity index (χ3v) is 26.8. The van der Waals surface area contributed by atoms with Gasteiger partial charge in [0.1, 0.15) is 0 Å². The van der Waals surface area contributed by atoms with Gasteiger partial charge in [-0.3, -0.25) is 0 Å². The molecule has 0 saturated heterocycles. The summed E-state index contributed by atoms with van der Waals surface area (Å²) in [4.78, 5) is 0. The fourth-order valence-corrected chi connectivity index (χ4v) is 13.4. The molecule has 0 aromatic heterocycles. The van der Waals surface area contributed by atoms with E-state index in [-0.39, 0.29) is 42.3 Å². The van der Waals surface area contributed by atoms with Gasteiger partial charge in [-0.1, -0.05) is 0 Å². The van der Waals surface area contributed by atoms with Gasteiger partial charge in [-0.05, 0) is 0 Å². The number of hydrogen-bond donors (Lipinski definition) is 0. The van der Waals surface area contributed by atoms with E-state index in [0.717, 1.165) is 0 Å². The van der Waals surface area contributed by atoms with Gasteiger partial charge in [0, 0.05) is 0 Å². The summed E-state index contributed by atoms with van der Waals surface area (Å²) in [6, 6.07) is 0. The standard InChI is InChI=1S/10C2H5.4Sn/c10*1-2;;;;/h10*1H2,2H3;;;;. The summed E-state index contributed by atoms with van der Waals surface area (Å²) in [5, 5.41) is 0. The Labute approximate surface area is 192 Å². The Kier molecular flexibility index (Phi) is 53.5. The zero-order valence-electron chi connectivity index (χ0n) is 19.1. The van der Waals surface area contributed by atoms with Crippen LogP contribution in [0.5, 0.6) is 0 Å². The molecule has 0 aliphatic heterocycles. The van der Waals surface area contributed by atoms with E-state index in [4.69, 9.17) is 0 Å². The van der Waals surface area contributed by atoms with E-state index in [1.54, 1.807) is 26.6 Å². The van der Waals surface area contributed by atoms with Gasteiger partial charge in [0.2, 0.25) is 0 Å². The van der Waals surface area contributed by atoms with E-state index in [0.29, 0.717) is 0 Å². The Hall–Kier alpha value is 3.19. The first-order chi connectivity index (χ1) is 11.5. The maximum absolute atomic E-state index is 2.35. The molecule has 0 N–H and O–H groups in total. The van der Waals surface area contributed by atoms with Crippen molar-refractivity contribution in [1.29, 1.82) is 0 Å². The van der Waals surface area contributed by atoms with Gasteiger partial charge in [0.05, 0.1) is 0 Å². The zero-order chi connectivity index (χ0) is 19.6. The summed E-state index contributed by atoms with van der Waals surface area (Å²) in [6.45, 7) is 23.2. The predicted molar refractivity (Wildman–Crippen MR) is 128 cm³/mol. The second-order valence-electron chi connectivity index (χ2n) is 5.54. The molecule has 24 heavy (non-hydrogen) atoms. The van der Waals surface area contributed by atoms with E-state index in [1.165, 1.54) is 17.7 Å². The minimum absolute atomic E-state index is 0.218. The van der Waals surface area contributed by atoms with Gasteiger partial charge in [0.25, 0.3) is 0 Å². The van der Waals surface area contributed by atoms with Crippen LogP contribution in [-0.2, 0) is 0 Å². The first kappa shape index (κ1) is 34.7. The Bertz CT molecular complexity index is 125. The molecule has 6 radical (unpaired) electrons. The molecule has 4 heteroatoms. The van der Waals surface area contributed by atoms with Gasteiger partial charge in [-0.15, -0.1) is 0 Å². The van der Waals surface area contributed by atoms with Gasteiger partial charge in [-0.25, -0.2) is 0 Å². The minimum atomic E-state index is -0.653. The van der Waals surface area contributed by atoms with Crippen LogP contribution in [0.15, 0.2) is 0 Å². The molecule has 0 bridgehead atoms. The summed E-state index contributed by atoms with van der Waals surface area (Å²) >= 11 is -0.870. The molecule has 0 rings (SSSR count). The third-order valence-electron chi connectivity index (χ3n) is 4.00. The molecule has 0 atom stereocenters. The van der Waals surface area contributed by atoms with Crippen molar-refractivity contribution in [2.45, 2.75) is 114 Å². The summed E-state index contributed by atoms with van der Waals surface area (Å²) in [7, 11) is 0. The number of hydrogen-bond acceptors (Lipinski definition) is 0. The van der Waals surface area contributed by atoms with Crippen molar-refractivity contribution >= 4 is 81.8 Å². The number of rotatable bonds is 10. The van der Waals surface area contributed by atoms with Crippen LogP contribution in [0.2, 0.25) is 44.4 Å². The molecule has 0 aromatic carbocycles. The molecule has 0 fully saturated rings. The SMILES string of the molecule is C[CH2][Sn]([CH2]C)[CH2]C.C[CH2][Sn]([CH2]C)[CH2]C.C[CH2][Sn][CH2]C.C[CH2][Sn][CH2]C. The molecule has 0 saturated carbocycles. The summed E-state index contributed by atoms with van der Waals surface area (Å²) < 4.78 is 15.4. The zero-order valence-corrected chi connectivity index (χ0v) is 30.5. The second-order valence-corrected chi connectivity index (χ2v) is 37.1. The maximum atomic E-state index is 2.35. The fourth-order valence-electron chi connectivity index (χ4n) is 2.00. The van der Waals surface area contributed by atoms with Crippen LogP contribution in [0.1, 0.15) is 69.2 Å². The van der Waals surface area contributed by atoms with Crippen molar-refractivity contribution in [2.24, 2.45) is 0 Å². The average Bonchev–Trinajstić information content (AvgIpc) is 2.61. The van der Waals surface area contributed by atoms with Gasteiger partial charge in [-0.2, -0.15) is 0 Å². The summed E-state index contributed by atoms with van der Waals surface area (Å²) in [5.74, 6) is 0. The molecule has 0 amide bonds. The van der Waals surface area contributed by atoms with Crippen LogP contribution in [0, 0.1) is 0 Å². The van der Waals surface area contributed by atoms with Crippen LogP contribution in [0.3, 0.4) is 0 Å². The van der Waals surface area contributed by atoms with Crippen molar-refractivity contribution in [3.8, 4) is 0 Å². The van der Waals surface area contributed by atoms with Crippen LogP contribution in [0.4, 0.5) is 0 Å². The quantitative estimate of drug-likeness (QED) is 0.197. The van der Waals surface area contributed by atoms with Crippen molar-refractivity contribution in [2.75, 3.05) is 0 Å². The first-order valence-corrected chi connectivity index (χ1v) is 30.8. The molecule has 0 unspecified atom stereocenters. The van der Waals surface area contributed by atoms with Crippen LogP contribution < -0.4 is 0 Å². The van der Waals surface area contributed by atoms with E-state index in [1.807, 2.05) is 0 Å². The Morgan fingerprint density at radius 2 is 0.542 bits per heavy atom. The molecule has 0 heterocycles. The van der Waals surface area contributed by atoms with E-state index >= 15 is 0 Å². The monoisotopic (exact) mass is 770 g/mol. The van der Waals surface area contributed by atoms with Crippen molar-refractivity contribution in [3.63, 3.8) is 0 Å². The molecule has 146 valence electrons. The second kappa shape index (κ2) is 37.0. The van der Waals surface area contributed by atoms with E-state index < -0.39 is 39.5 Å².